The second-order valence-corrected chi connectivity index (χ2v) is 6.91. The standard InChI is InChI=1S/C17H28O3/c1-16(2,3)19-11-10-13-8-9-14(15(12-13)18-7)20-17(4,5)6/h8-9,12H,10-11H2,1-7H3. The fourth-order valence-electron chi connectivity index (χ4n) is 1.76. The molecule has 114 valence electrons. The first-order valence-corrected chi connectivity index (χ1v) is 7.11. The van der Waals surface area contributed by atoms with Gasteiger partial charge in [0.2, 0.25) is 0 Å². The van der Waals surface area contributed by atoms with Gasteiger partial charge >= 0.3 is 0 Å². The van der Waals surface area contributed by atoms with Gasteiger partial charge in [-0.05, 0) is 65.7 Å². The lowest BCUT2D eigenvalue weighted by atomic mass is 10.1. The maximum Gasteiger partial charge on any atom is 0.161 e. The summed E-state index contributed by atoms with van der Waals surface area (Å²) in [6.45, 7) is 13.0. The molecule has 1 aromatic carbocycles. The number of hydrogen-bond donors (Lipinski definition) is 0. The summed E-state index contributed by atoms with van der Waals surface area (Å²) in [4.78, 5) is 0. The second kappa shape index (κ2) is 6.49. The summed E-state index contributed by atoms with van der Waals surface area (Å²) in [5, 5.41) is 0. The van der Waals surface area contributed by atoms with E-state index < -0.39 is 0 Å². The lowest BCUT2D eigenvalue weighted by Gasteiger charge is -2.23. The molecule has 0 aromatic heterocycles. The summed E-state index contributed by atoms with van der Waals surface area (Å²) < 4.78 is 17.0. The molecule has 3 nitrogen and oxygen atoms in total. The Morgan fingerprint density at radius 3 is 2.05 bits per heavy atom. The number of ether oxygens (including phenoxy) is 3. The van der Waals surface area contributed by atoms with Crippen molar-refractivity contribution in [1.29, 1.82) is 0 Å². The van der Waals surface area contributed by atoms with E-state index in [2.05, 4.69) is 26.8 Å². The smallest absolute Gasteiger partial charge is 0.161 e. The van der Waals surface area contributed by atoms with Crippen molar-refractivity contribution in [2.75, 3.05) is 13.7 Å². The van der Waals surface area contributed by atoms with Gasteiger partial charge in [0, 0.05) is 0 Å². The Balaban J connectivity index is 2.72. The Bertz CT molecular complexity index is 425. The van der Waals surface area contributed by atoms with Crippen LogP contribution >= 0.6 is 0 Å². The first-order chi connectivity index (χ1) is 9.11. The molecule has 0 saturated heterocycles. The molecule has 0 bridgehead atoms. The van der Waals surface area contributed by atoms with Crippen LogP contribution in [0.25, 0.3) is 0 Å². The summed E-state index contributed by atoms with van der Waals surface area (Å²) in [5.74, 6) is 1.55. The highest BCUT2D eigenvalue weighted by molar-refractivity contribution is 5.43. The van der Waals surface area contributed by atoms with Gasteiger partial charge in [-0.15, -0.1) is 0 Å². The third-order valence-electron chi connectivity index (χ3n) is 2.57. The van der Waals surface area contributed by atoms with Crippen molar-refractivity contribution in [2.45, 2.75) is 59.2 Å². The Hall–Kier alpha value is -1.22. The van der Waals surface area contributed by atoms with Crippen LogP contribution < -0.4 is 9.47 Å². The predicted molar refractivity (Wildman–Crippen MR) is 82.8 cm³/mol. The van der Waals surface area contributed by atoms with Gasteiger partial charge in [-0.3, -0.25) is 0 Å². The lowest BCUT2D eigenvalue weighted by molar-refractivity contribution is -0.00100. The number of benzene rings is 1. The van der Waals surface area contributed by atoms with Gasteiger partial charge in [0.25, 0.3) is 0 Å². The Labute approximate surface area is 123 Å². The topological polar surface area (TPSA) is 27.7 Å². The van der Waals surface area contributed by atoms with Crippen LogP contribution in [-0.4, -0.2) is 24.9 Å². The van der Waals surface area contributed by atoms with Crippen LogP contribution in [0.3, 0.4) is 0 Å². The fraction of sp³-hybridized carbons (Fsp3) is 0.647. The quantitative estimate of drug-likeness (QED) is 0.808. The summed E-state index contributed by atoms with van der Waals surface area (Å²) in [6, 6.07) is 6.05. The molecule has 0 saturated carbocycles. The van der Waals surface area contributed by atoms with Gasteiger partial charge in [0.15, 0.2) is 11.5 Å². The van der Waals surface area contributed by atoms with E-state index in [0.717, 1.165) is 17.9 Å². The minimum absolute atomic E-state index is 0.0978. The van der Waals surface area contributed by atoms with E-state index in [9.17, 15) is 0 Å². The minimum atomic E-state index is -0.232. The molecule has 3 heteroatoms. The summed E-state index contributed by atoms with van der Waals surface area (Å²) in [7, 11) is 1.67. The van der Waals surface area contributed by atoms with Crippen molar-refractivity contribution >= 4 is 0 Å². The van der Waals surface area contributed by atoms with Gasteiger partial charge in [-0.2, -0.15) is 0 Å². The molecule has 1 aromatic rings. The minimum Gasteiger partial charge on any atom is -0.493 e. The van der Waals surface area contributed by atoms with Crippen LogP contribution in [0, 0.1) is 0 Å². The molecule has 0 aliphatic heterocycles. The maximum absolute atomic E-state index is 5.88. The monoisotopic (exact) mass is 280 g/mol. The van der Waals surface area contributed by atoms with Crippen LogP contribution in [0.1, 0.15) is 47.1 Å². The van der Waals surface area contributed by atoms with Crippen LogP contribution in [0.2, 0.25) is 0 Å². The van der Waals surface area contributed by atoms with E-state index in [1.54, 1.807) is 7.11 Å². The average molecular weight is 280 g/mol. The Kier molecular flexibility index (Phi) is 5.46. The number of methoxy groups -OCH3 is 1. The van der Waals surface area contributed by atoms with Crippen molar-refractivity contribution in [2.24, 2.45) is 0 Å². The van der Waals surface area contributed by atoms with Crippen LogP contribution in [-0.2, 0) is 11.2 Å². The van der Waals surface area contributed by atoms with Crippen molar-refractivity contribution in [3.8, 4) is 11.5 Å². The summed E-state index contributed by atoms with van der Waals surface area (Å²) in [5.41, 5.74) is 0.858. The molecule has 0 aliphatic rings. The van der Waals surface area contributed by atoms with Crippen LogP contribution in [0.5, 0.6) is 11.5 Å². The molecule has 0 fully saturated rings. The molecule has 1 rings (SSSR count). The van der Waals surface area contributed by atoms with Crippen LogP contribution in [0.4, 0.5) is 0 Å². The van der Waals surface area contributed by atoms with E-state index in [1.165, 1.54) is 5.56 Å². The SMILES string of the molecule is COc1cc(CCOC(C)(C)C)ccc1OC(C)(C)C. The first-order valence-electron chi connectivity index (χ1n) is 7.11. The zero-order valence-corrected chi connectivity index (χ0v) is 13.9. The van der Waals surface area contributed by atoms with Gasteiger partial charge < -0.3 is 14.2 Å². The highest BCUT2D eigenvalue weighted by Crippen LogP contribution is 2.31. The Morgan fingerprint density at radius 1 is 0.900 bits per heavy atom. The third-order valence-corrected chi connectivity index (χ3v) is 2.57. The molecule has 0 radical (unpaired) electrons. The van der Waals surface area contributed by atoms with Gasteiger partial charge in [0.05, 0.1) is 19.3 Å². The van der Waals surface area contributed by atoms with E-state index in [-0.39, 0.29) is 11.2 Å². The van der Waals surface area contributed by atoms with Gasteiger partial charge in [-0.1, -0.05) is 6.07 Å². The molecule has 0 aliphatic carbocycles. The van der Waals surface area contributed by atoms with E-state index in [1.807, 2.05) is 32.9 Å². The molecule has 0 heterocycles. The summed E-state index contributed by atoms with van der Waals surface area (Å²) >= 11 is 0. The zero-order chi connectivity index (χ0) is 15.4. The largest absolute Gasteiger partial charge is 0.493 e. The van der Waals surface area contributed by atoms with Crippen molar-refractivity contribution in [1.82, 2.24) is 0 Å². The first kappa shape index (κ1) is 16.8. The zero-order valence-electron chi connectivity index (χ0n) is 13.9. The molecule has 0 unspecified atom stereocenters. The van der Waals surface area contributed by atoms with Crippen LogP contribution in [0.15, 0.2) is 18.2 Å². The average Bonchev–Trinajstić information content (AvgIpc) is 2.27. The molecule has 0 atom stereocenters. The normalized spacial score (nSPS) is 12.3. The fourth-order valence-corrected chi connectivity index (χ4v) is 1.76. The lowest BCUT2D eigenvalue weighted by Crippen LogP contribution is -2.23. The predicted octanol–water partition coefficient (Wildman–Crippen LogP) is 4.23. The third kappa shape index (κ3) is 6.29. The second-order valence-electron chi connectivity index (χ2n) is 6.91. The van der Waals surface area contributed by atoms with Crippen molar-refractivity contribution in [3.05, 3.63) is 23.8 Å². The van der Waals surface area contributed by atoms with Gasteiger partial charge in [-0.25, -0.2) is 0 Å². The highest BCUT2D eigenvalue weighted by Gasteiger charge is 2.16. The highest BCUT2D eigenvalue weighted by atomic mass is 16.5. The molecular weight excluding hydrogens is 252 g/mol. The molecule has 0 spiro atoms. The number of rotatable bonds is 5. The van der Waals surface area contributed by atoms with E-state index >= 15 is 0 Å². The molecule has 20 heavy (non-hydrogen) atoms. The molecule has 0 amide bonds. The molecular formula is C17H28O3. The van der Waals surface area contributed by atoms with E-state index in [0.29, 0.717) is 6.61 Å². The van der Waals surface area contributed by atoms with Gasteiger partial charge in [0.1, 0.15) is 5.60 Å². The van der Waals surface area contributed by atoms with Crippen molar-refractivity contribution < 1.29 is 14.2 Å². The Morgan fingerprint density at radius 2 is 1.55 bits per heavy atom. The molecule has 0 N–H and O–H groups in total. The number of hydrogen-bond acceptors (Lipinski definition) is 3. The summed E-state index contributed by atoms with van der Waals surface area (Å²) in [6.07, 6.45) is 0.865. The van der Waals surface area contributed by atoms with Crippen molar-refractivity contribution in [3.63, 3.8) is 0 Å². The van der Waals surface area contributed by atoms with E-state index in [4.69, 9.17) is 14.2 Å². The maximum atomic E-state index is 5.88.